The first-order valence-electron chi connectivity index (χ1n) is 4.47. The quantitative estimate of drug-likeness (QED) is 0.548. The SMILES string of the molecule is C[N-]C.C[Si](C)(C)[CH-][Si](C)(C)C.[Sr+2]. The van der Waals surface area contributed by atoms with Gasteiger partial charge in [-0.2, -0.15) is 14.1 Å². The molecule has 0 spiro atoms. The normalized spacial score (nSPS) is 11.1. The monoisotopic (exact) mass is 291 g/mol. The molecular formula is C9H25NSi2Sr. The Morgan fingerprint density at radius 2 is 0.923 bits per heavy atom. The molecule has 4 heteroatoms. The van der Waals surface area contributed by atoms with Crippen molar-refractivity contribution in [2.45, 2.75) is 39.3 Å². The molecule has 13 heavy (non-hydrogen) atoms. The smallest absolute Gasteiger partial charge is 0.668 e. The molecule has 1 nitrogen and oxygen atoms in total. The van der Waals surface area contributed by atoms with Gasteiger partial charge in [-0.25, -0.2) is 0 Å². The van der Waals surface area contributed by atoms with E-state index in [1.165, 1.54) is 0 Å². The van der Waals surface area contributed by atoms with Gasteiger partial charge < -0.3 is 11.0 Å². The van der Waals surface area contributed by atoms with Gasteiger partial charge in [-0.15, -0.1) is 16.1 Å². The van der Waals surface area contributed by atoms with E-state index in [1.54, 1.807) is 14.1 Å². The fourth-order valence-electron chi connectivity index (χ4n) is 1.30. The number of hydrogen-bond acceptors (Lipinski definition) is 0. The van der Waals surface area contributed by atoms with Crippen LogP contribution in [-0.2, 0) is 0 Å². The van der Waals surface area contributed by atoms with E-state index in [9.17, 15) is 0 Å². The molecule has 0 unspecified atom stereocenters. The largest absolute Gasteiger partial charge is 2.00 e. The van der Waals surface area contributed by atoms with Crippen LogP contribution in [0.4, 0.5) is 0 Å². The zero-order valence-corrected chi connectivity index (χ0v) is 16.2. The zero-order valence-electron chi connectivity index (χ0n) is 10.7. The summed E-state index contributed by atoms with van der Waals surface area (Å²) in [7, 11) is 1.79. The van der Waals surface area contributed by atoms with Crippen LogP contribution in [0.25, 0.3) is 5.32 Å². The fraction of sp³-hybridized carbons (Fsp3) is 0.889. The van der Waals surface area contributed by atoms with Crippen LogP contribution in [-0.4, -0.2) is 75.7 Å². The van der Waals surface area contributed by atoms with E-state index in [-0.39, 0.29) is 45.5 Å². The van der Waals surface area contributed by atoms with Crippen molar-refractivity contribution in [1.82, 2.24) is 0 Å². The summed E-state index contributed by atoms with van der Waals surface area (Å²) in [6, 6.07) is 0. The topological polar surface area (TPSA) is 14.1 Å². The van der Waals surface area contributed by atoms with Crippen molar-refractivity contribution in [3.05, 3.63) is 11.0 Å². The molecule has 0 aromatic rings. The molecule has 0 aliphatic carbocycles. The molecule has 76 valence electrons. The predicted octanol–water partition coefficient (Wildman–Crippen LogP) is 3.18. The van der Waals surface area contributed by atoms with Crippen molar-refractivity contribution >= 4 is 61.6 Å². The molecule has 0 aliphatic heterocycles. The first-order chi connectivity index (χ1) is 5.12. The Morgan fingerprint density at radius 1 is 0.769 bits per heavy atom. The molecule has 0 fully saturated rings. The first-order valence-corrected chi connectivity index (χ1v) is 11.6. The van der Waals surface area contributed by atoms with Gasteiger partial charge in [0, 0.05) is 0 Å². The van der Waals surface area contributed by atoms with Gasteiger partial charge in [0.15, 0.2) is 0 Å². The van der Waals surface area contributed by atoms with Crippen LogP contribution in [0.1, 0.15) is 0 Å². The Balaban J connectivity index is -0.000000220. The maximum atomic E-state index is 3.50. The van der Waals surface area contributed by atoms with Crippen LogP contribution in [0, 0.1) is 5.67 Å². The third-order valence-electron chi connectivity index (χ3n) is 0.866. The van der Waals surface area contributed by atoms with Crippen LogP contribution in [0.2, 0.25) is 39.3 Å². The van der Waals surface area contributed by atoms with Gasteiger partial charge >= 0.3 is 45.5 Å². The fourth-order valence-corrected chi connectivity index (χ4v) is 11.7. The summed E-state index contributed by atoms with van der Waals surface area (Å²) in [5, 5.41) is 3.50. The predicted molar refractivity (Wildman–Crippen MR) is 72.0 cm³/mol. The van der Waals surface area contributed by atoms with Crippen molar-refractivity contribution in [3.63, 3.8) is 0 Å². The molecule has 0 amide bonds. The number of rotatable bonds is 2. The first kappa shape index (κ1) is 20.3. The molecule has 0 rings (SSSR count). The third kappa shape index (κ3) is 31.6. The van der Waals surface area contributed by atoms with Crippen LogP contribution in [0.3, 0.4) is 0 Å². The van der Waals surface area contributed by atoms with E-state index in [1.807, 2.05) is 0 Å². The van der Waals surface area contributed by atoms with Crippen molar-refractivity contribution in [1.29, 1.82) is 0 Å². The zero-order chi connectivity index (χ0) is 10.4. The summed E-state index contributed by atoms with van der Waals surface area (Å²) in [5.74, 6) is 0. The van der Waals surface area contributed by atoms with Gasteiger partial charge in [0.2, 0.25) is 0 Å². The minimum Gasteiger partial charge on any atom is -0.668 e. The summed E-state index contributed by atoms with van der Waals surface area (Å²) in [4.78, 5) is 0. The molecule has 0 radical (unpaired) electrons. The maximum absolute atomic E-state index is 3.50. The summed E-state index contributed by atoms with van der Waals surface area (Å²) in [5.41, 5.74) is 2.65. The average Bonchev–Trinajstić information content (AvgIpc) is 1.53. The molecule has 0 aromatic heterocycles. The van der Waals surface area contributed by atoms with E-state index in [2.05, 4.69) is 50.3 Å². The van der Waals surface area contributed by atoms with Crippen LogP contribution in [0.15, 0.2) is 0 Å². The molecule has 0 saturated heterocycles. The molecule has 0 atom stereocenters. The molecule has 0 bridgehead atoms. The van der Waals surface area contributed by atoms with Gasteiger partial charge in [-0.05, 0) is 0 Å². The molecule has 0 aromatic carbocycles. The van der Waals surface area contributed by atoms with Crippen LogP contribution in [0.5, 0.6) is 0 Å². The second-order valence-corrected chi connectivity index (χ2v) is 15.9. The van der Waals surface area contributed by atoms with Crippen LogP contribution < -0.4 is 0 Å². The molecule has 0 saturated carbocycles. The van der Waals surface area contributed by atoms with E-state index in [4.69, 9.17) is 0 Å². The van der Waals surface area contributed by atoms with E-state index >= 15 is 0 Å². The summed E-state index contributed by atoms with van der Waals surface area (Å²) in [6.07, 6.45) is 0. The standard InChI is InChI=1S/C7H19Si2.C2H6N.Sr/c1-8(2,3)7-9(4,5)6;1-3-2;/h7H,1-6H3;1-2H3;/q2*-1;+2. The van der Waals surface area contributed by atoms with E-state index in [0.29, 0.717) is 0 Å². The second-order valence-electron chi connectivity index (χ2n) is 5.32. The van der Waals surface area contributed by atoms with Crippen molar-refractivity contribution in [2.75, 3.05) is 14.1 Å². The number of nitrogens with zero attached hydrogens (tertiary/aromatic N) is 1. The van der Waals surface area contributed by atoms with Gasteiger partial charge in [-0.3, -0.25) is 0 Å². The average molecular weight is 291 g/mol. The Kier molecular flexibility index (Phi) is 14.3. The molecular weight excluding hydrogens is 266 g/mol. The van der Waals surface area contributed by atoms with Crippen molar-refractivity contribution in [2.24, 2.45) is 0 Å². The third-order valence-corrected chi connectivity index (χ3v) is 7.79. The molecule has 0 heterocycles. The second kappa shape index (κ2) is 9.13. The van der Waals surface area contributed by atoms with Crippen molar-refractivity contribution in [3.8, 4) is 0 Å². The summed E-state index contributed by atoms with van der Waals surface area (Å²) in [6.45, 7) is 14.4. The number of hydrogen-bond donors (Lipinski definition) is 0. The Morgan fingerprint density at radius 3 is 0.923 bits per heavy atom. The minimum absolute atomic E-state index is 0. The summed E-state index contributed by atoms with van der Waals surface area (Å²) >= 11 is 0. The van der Waals surface area contributed by atoms with Crippen molar-refractivity contribution < 1.29 is 0 Å². The maximum Gasteiger partial charge on any atom is 2.00 e. The Bertz CT molecular complexity index is 93.2. The van der Waals surface area contributed by atoms with Crippen LogP contribution >= 0.6 is 0 Å². The minimum atomic E-state index is -0.856. The Labute approximate surface area is 124 Å². The van der Waals surface area contributed by atoms with E-state index < -0.39 is 16.1 Å². The summed E-state index contributed by atoms with van der Waals surface area (Å²) < 4.78 is 0. The van der Waals surface area contributed by atoms with Gasteiger partial charge in [0.1, 0.15) is 0 Å². The van der Waals surface area contributed by atoms with E-state index in [0.717, 1.165) is 0 Å². The van der Waals surface area contributed by atoms with Gasteiger partial charge in [0.05, 0.1) is 0 Å². The molecule has 0 N–H and O–H groups in total. The Hall–Kier alpha value is 1.87. The van der Waals surface area contributed by atoms with Gasteiger partial charge in [0.25, 0.3) is 0 Å². The molecule has 0 aliphatic rings. The van der Waals surface area contributed by atoms with Gasteiger partial charge in [-0.1, -0.05) is 39.3 Å².